The maximum Gasteiger partial charge on any atom is 0.323 e. The number of ether oxygens (including phenoxy) is 1. The molecule has 0 amide bonds. The van der Waals surface area contributed by atoms with E-state index in [2.05, 4.69) is 10.00 Å². The van der Waals surface area contributed by atoms with E-state index in [9.17, 15) is 4.79 Å². The van der Waals surface area contributed by atoms with Gasteiger partial charge in [0.25, 0.3) is 0 Å². The van der Waals surface area contributed by atoms with Crippen molar-refractivity contribution in [2.75, 3.05) is 13.7 Å². The number of aryl methyl sites for hydroxylation is 2. The number of nitrogens with zero attached hydrogens (tertiary/aromatic N) is 3. The minimum Gasteiger partial charge on any atom is -0.468 e. The lowest BCUT2D eigenvalue weighted by molar-refractivity contribution is -0.148. The van der Waals surface area contributed by atoms with Crippen molar-refractivity contribution < 1.29 is 9.53 Å². The highest BCUT2D eigenvalue weighted by atomic mass is 35.5. The number of piperidine rings is 1. The smallest absolute Gasteiger partial charge is 0.323 e. The first-order valence-corrected chi connectivity index (χ1v) is 7.50. The molecule has 1 fully saturated rings. The van der Waals surface area contributed by atoms with Gasteiger partial charge >= 0.3 is 5.97 Å². The minimum atomic E-state index is -0.162. The van der Waals surface area contributed by atoms with Crippen molar-refractivity contribution in [2.24, 2.45) is 0 Å². The number of esters is 1. The second-order valence-corrected chi connectivity index (χ2v) is 5.55. The van der Waals surface area contributed by atoms with Gasteiger partial charge in [0, 0.05) is 13.1 Å². The number of carbonyl (C=O) groups is 1. The number of halogens is 1. The van der Waals surface area contributed by atoms with Crippen molar-refractivity contribution >= 4 is 17.6 Å². The molecule has 0 bridgehead atoms. The summed E-state index contributed by atoms with van der Waals surface area (Å²) in [7, 11) is 1.45. The third kappa shape index (κ3) is 2.99. The van der Waals surface area contributed by atoms with Crippen LogP contribution in [-0.4, -0.2) is 40.3 Å². The van der Waals surface area contributed by atoms with Gasteiger partial charge in [-0.2, -0.15) is 5.10 Å². The van der Waals surface area contributed by atoms with Gasteiger partial charge in [-0.3, -0.25) is 14.4 Å². The van der Waals surface area contributed by atoms with E-state index < -0.39 is 0 Å². The monoisotopic (exact) mass is 299 g/mol. The topological polar surface area (TPSA) is 47.4 Å². The number of hydrogen-bond donors (Lipinski definition) is 0. The van der Waals surface area contributed by atoms with Crippen molar-refractivity contribution in [1.82, 2.24) is 14.7 Å². The fraction of sp³-hybridized carbons (Fsp3) is 0.714. The van der Waals surface area contributed by atoms with Crippen LogP contribution in [0, 0.1) is 6.92 Å². The molecule has 0 aliphatic carbocycles. The molecular weight excluding hydrogens is 278 g/mol. The quantitative estimate of drug-likeness (QED) is 0.801. The van der Waals surface area contributed by atoms with Crippen molar-refractivity contribution in [3.63, 3.8) is 0 Å². The summed E-state index contributed by atoms with van der Waals surface area (Å²) < 4.78 is 6.83. The highest BCUT2D eigenvalue weighted by molar-refractivity contribution is 6.31. The molecule has 1 saturated heterocycles. The number of carbonyl (C=O) groups excluding carboxylic acids is 1. The molecule has 6 heteroatoms. The van der Waals surface area contributed by atoms with Crippen LogP contribution < -0.4 is 0 Å². The van der Waals surface area contributed by atoms with E-state index in [0.29, 0.717) is 11.6 Å². The summed E-state index contributed by atoms with van der Waals surface area (Å²) in [6.45, 7) is 6.27. The molecule has 0 radical (unpaired) electrons. The zero-order chi connectivity index (χ0) is 14.7. The van der Waals surface area contributed by atoms with E-state index in [4.69, 9.17) is 16.3 Å². The summed E-state index contributed by atoms with van der Waals surface area (Å²) in [6, 6.07) is -0.162. The molecule has 1 unspecified atom stereocenters. The van der Waals surface area contributed by atoms with Crippen LogP contribution in [0.15, 0.2) is 0 Å². The molecule has 0 aromatic carbocycles. The van der Waals surface area contributed by atoms with E-state index in [1.54, 1.807) is 0 Å². The van der Waals surface area contributed by atoms with Crippen molar-refractivity contribution in [2.45, 2.75) is 52.2 Å². The SMILES string of the molecule is CCn1nc(C)c(Cl)c1CN1CCCCC1C(=O)OC. The molecule has 20 heavy (non-hydrogen) atoms. The molecule has 1 aromatic rings. The highest BCUT2D eigenvalue weighted by Gasteiger charge is 2.30. The van der Waals surface area contributed by atoms with Crippen LogP contribution in [0.5, 0.6) is 0 Å². The molecule has 0 saturated carbocycles. The third-order valence-corrected chi connectivity index (χ3v) is 4.38. The molecule has 0 spiro atoms. The Morgan fingerprint density at radius 2 is 2.25 bits per heavy atom. The summed E-state index contributed by atoms with van der Waals surface area (Å²) >= 11 is 6.35. The lowest BCUT2D eigenvalue weighted by Crippen LogP contribution is -2.45. The van der Waals surface area contributed by atoms with Gasteiger partial charge in [0.05, 0.1) is 23.5 Å². The summed E-state index contributed by atoms with van der Waals surface area (Å²) in [5.41, 5.74) is 1.83. The minimum absolute atomic E-state index is 0.153. The molecule has 0 N–H and O–H groups in total. The van der Waals surface area contributed by atoms with Gasteiger partial charge in [0.1, 0.15) is 6.04 Å². The third-order valence-electron chi connectivity index (χ3n) is 3.89. The molecule has 5 nitrogen and oxygen atoms in total. The molecule has 2 heterocycles. The highest BCUT2D eigenvalue weighted by Crippen LogP contribution is 2.26. The molecule has 1 atom stereocenters. The van der Waals surface area contributed by atoms with Crippen LogP contribution >= 0.6 is 11.6 Å². The van der Waals surface area contributed by atoms with Crippen LogP contribution in [0.2, 0.25) is 5.02 Å². The Morgan fingerprint density at radius 1 is 1.50 bits per heavy atom. The van der Waals surface area contributed by atoms with Crippen LogP contribution in [0.1, 0.15) is 37.6 Å². The normalized spacial score (nSPS) is 20.1. The fourth-order valence-corrected chi connectivity index (χ4v) is 2.99. The van der Waals surface area contributed by atoms with Crippen LogP contribution in [0.3, 0.4) is 0 Å². The molecule has 2 rings (SSSR count). The first kappa shape index (κ1) is 15.3. The second kappa shape index (κ2) is 6.59. The van der Waals surface area contributed by atoms with E-state index in [0.717, 1.165) is 43.7 Å². The lowest BCUT2D eigenvalue weighted by atomic mass is 10.0. The molecule has 1 aromatic heterocycles. The number of methoxy groups -OCH3 is 1. The zero-order valence-corrected chi connectivity index (χ0v) is 13.1. The van der Waals surface area contributed by atoms with Gasteiger partial charge in [-0.15, -0.1) is 0 Å². The average molecular weight is 300 g/mol. The second-order valence-electron chi connectivity index (χ2n) is 5.17. The molecule has 112 valence electrons. The summed E-state index contributed by atoms with van der Waals surface area (Å²) in [6.07, 6.45) is 3.02. The number of aromatic nitrogens is 2. The summed E-state index contributed by atoms with van der Waals surface area (Å²) in [4.78, 5) is 14.0. The molecule has 1 aliphatic heterocycles. The standard InChI is InChI=1S/C14H22ClN3O2/c1-4-18-12(13(15)10(2)16-18)9-17-8-6-5-7-11(17)14(19)20-3/h11H,4-9H2,1-3H3. The maximum atomic E-state index is 11.9. The van der Waals surface area contributed by atoms with Gasteiger partial charge in [0.15, 0.2) is 0 Å². The van der Waals surface area contributed by atoms with Crippen molar-refractivity contribution in [3.8, 4) is 0 Å². The Kier molecular flexibility index (Phi) is 5.05. The Bertz CT molecular complexity index is 487. The van der Waals surface area contributed by atoms with E-state index in [1.165, 1.54) is 7.11 Å². The Balaban J connectivity index is 2.20. The predicted octanol–water partition coefficient (Wildman–Crippen LogP) is 2.39. The van der Waals surface area contributed by atoms with E-state index >= 15 is 0 Å². The fourth-order valence-electron chi connectivity index (χ4n) is 2.80. The van der Waals surface area contributed by atoms with Crippen molar-refractivity contribution in [3.05, 3.63) is 16.4 Å². The lowest BCUT2D eigenvalue weighted by Gasteiger charge is -2.33. The molecule has 1 aliphatic rings. The van der Waals surface area contributed by atoms with Crippen LogP contribution in [0.4, 0.5) is 0 Å². The average Bonchev–Trinajstić information content (AvgIpc) is 2.74. The van der Waals surface area contributed by atoms with Gasteiger partial charge in [0.2, 0.25) is 0 Å². The summed E-state index contributed by atoms with van der Waals surface area (Å²) in [5.74, 6) is -0.153. The molecular formula is C14H22ClN3O2. The van der Waals surface area contributed by atoms with Crippen LogP contribution in [-0.2, 0) is 22.6 Å². The zero-order valence-electron chi connectivity index (χ0n) is 12.4. The summed E-state index contributed by atoms with van der Waals surface area (Å²) in [5, 5.41) is 5.14. The van der Waals surface area contributed by atoms with Gasteiger partial charge in [-0.05, 0) is 33.2 Å². The first-order chi connectivity index (χ1) is 9.58. The Labute approximate surface area is 124 Å². The largest absolute Gasteiger partial charge is 0.468 e. The first-order valence-electron chi connectivity index (χ1n) is 7.12. The number of hydrogen-bond acceptors (Lipinski definition) is 4. The maximum absolute atomic E-state index is 11.9. The van der Waals surface area contributed by atoms with Crippen molar-refractivity contribution in [1.29, 1.82) is 0 Å². The number of likely N-dealkylation sites (tertiary alicyclic amines) is 1. The van der Waals surface area contributed by atoms with E-state index in [1.807, 2.05) is 18.5 Å². The van der Waals surface area contributed by atoms with Gasteiger partial charge < -0.3 is 4.74 Å². The van der Waals surface area contributed by atoms with Crippen LogP contribution in [0.25, 0.3) is 0 Å². The van der Waals surface area contributed by atoms with Gasteiger partial charge in [-0.25, -0.2) is 0 Å². The Hall–Kier alpha value is -1.07. The predicted molar refractivity (Wildman–Crippen MR) is 77.7 cm³/mol. The van der Waals surface area contributed by atoms with Gasteiger partial charge in [-0.1, -0.05) is 18.0 Å². The number of rotatable bonds is 4. The Morgan fingerprint density at radius 3 is 2.90 bits per heavy atom. The van der Waals surface area contributed by atoms with E-state index in [-0.39, 0.29) is 12.0 Å².